The Balaban J connectivity index is 2.30. The number of benzene rings is 2. The Kier molecular flexibility index (Phi) is 6.89. The highest BCUT2D eigenvalue weighted by Gasteiger charge is 2.30. The highest BCUT2D eigenvalue weighted by molar-refractivity contribution is 5.90. The van der Waals surface area contributed by atoms with E-state index in [-0.39, 0.29) is 17.1 Å². The molecule has 0 aliphatic rings. The number of ether oxygens (including phenoxy) is 1. The highest BCUT2D eigenvalue weighted by Crippen LogP contribution is 2.22. The third kappa shape index (κ3) is 6.40. The summed E-state index contributed by atoms with van der Waals surface area (Å²) in [6.07, 6.45) is -0.868. The minimum atomic E-state index is -1.42. The van der Waals surface area contributed by atoms with Crippen molar-refractivity contribution in [2.24, 2.45) is 0 Å². The SMILES string of the molecule is CC(C)(C)OC(=O)NC(C(=O)NC(C(=O)O)c1ccc(O)cc1)c1ccc(O)cc1. The maximum absolute atomic E-state index is 12.9. The molecule has 0 fully saturated rings. The van der Waals surface area contributed by atoms with Gasteiger partial charge in [0.05, 0.1) is 0 Å². The maximum Gasteiger partial charge on any atom is 0.408 e. The minimum Gasteiger partial charge on any atom is -0.508 e. The van der Waals surface area contributed by atoms with Crippen LogP contribution in [0.4, 0.5) is 4.79 Å². The molecule has 0 bridgehead atoms. The molecule has 2 unspecified atom stereocenters. The van der Waals surface area contributed by atoms with Crippen LogP contribution in [0.3, 0.4) is 0 Å². The molecule has 2 rings (SSSR count). The van der Waals surface area contributed by atoms with Crippen LogP contribution in [0.5, 0.6) is 11.5 Å². The largest absolute Gasteiger partial charge is 0.508 e. The molecule has 0 aromatic heterocycles. The van der Waals surface area contributed by atoms with Gasteiger partial charge >= 0.3 is 12.1 Å². The molecule has 0 saturated heterocycles. The molecule has 9 nitrogen and oxygen atoms in total. The molecule has 0 radical (unpaired) electrons. The van der Waals surface area contributed by atoms with Crippen molar-refractivity contribution >= 4 is 18.0 Å². The summed E-state index contributed by atoms with van der Waals surface area (Å²) >= 11 is 0. The van der Waals surface area contributed by atoms with Gasteiger partial charge in [0.15, 0.2) is 6.04 Å². The number of aliphatic carboxylic acids is 1. The lowest BCUT2D eigenvalue weighted by molar-refractivity contribution is -0.142. The molecular formula is C21H24N2O7. The first-order chi connectivity index (χ1) is 14.0. The number of nitrogens with one attached hydrogen (secondary N) is 2. The van der Waals surface area contributed by atoms with Gasteiger partial charge in [0.25, 0.3) is 0 Å². The van der Waals surface area contributed by atoms with Crippen molar-refractivity contribution in [2.75, 3.05) is 0 Å². The molecule has 2 atom stereocenters. The van der Waals surface area contributed by atoms with Gasteiger partial charge in [0.1, 0.15) is 23.1 Å². The predicted molar refractivity (Wildman–Crippen MR) is 107 cm³/mol. The van der Waals surface area contributed by atoms with Crippen molar-refractivity contribution in [3.8, 4) is 11.5 Å². The summed E-state index contributed by atoms with van der Waals surface area (Å²) in [5, 5.41) is 33.2. The number of phenols is 2. The number of amides is 2. The van der Waals surface area contributed by atoms with Crippen molar-refractivity contribution in [3.05, 3.63) is 59.7 Å². The van der Waals surface area contributed by atoms with Gasteiger partial charge in [-0.1, -0.05) is 24.3 Å². The van der Waals surface area contributed by atoms with Crippen LogP contribution in [0.2, 0.25) is 0 Å². The zero-order valence-electron chi connectivity index (χ0n) is 16.7. The Bertz CT molecular complexity index is 902. The first-order valence-electron chi connectivity index (χ1n) is 9.07. The fourth-order valence-electron chi connectivity index (χ4n) is 2.57. The van der Waals surface area contributed by atoms with Gasteiger partial charge in [-0.3, -0.25) is 4.79 Å². The van der Waals surface area contributed by atoms with Gasteiger partial charge in [0, 0.05) is 0 Å². The number of carboxylic acid groups (broad SMARTS) is 1. The molecule has 0 aliphatic carbocycles. The van der Waals surface area contributed by atoms with E-state index in [9.17, 15) is 29.7 Å². The Morgan fingerprint density at radius 3 is 1.63 bits per heavy atom. The van der Waals surface area contributed by atoms with Crippen molar-refractivity contribution in [1.82, 2.24) is 10.6 Å². The van der Waals surface area contributed by atoms with Crippen LogP contribution in [0.25, 0.3) is 0 Å². The lowest BCUT2D eigenvalue weighted by Crippen LogP contribution is -2.44. The summed E-state index contributed by atoms with van der Waals surface area (Å²) in [4.78, 5) is 36.9. The average Bonchev–Trinajstić information content (AvgIpc) is 2.64. The second kappa shape index (κ2) is 9.17. The smallest absolute Gasteiger partial charge is 0.408 e. The van der Waals surface area contributed by atoms with E-state index < -0.39 is 35.7 Å². The zero-order valence-corrected chi connectivity index (χ0v) is 16.7. The molecule has 30 heavy (non-hydrogen) atoms. The van der Waals surface area contributed by atoms with E-state index in [0.29, 0.717) is 5.56 Å². The Morgan fingerprint density at radius 2 is 1.23 bits per heavy atom. The Morgan fingerprint density at radius 1 is 0.800 bits per heavy atom. The summed E-state index contributed by atoms with van der Waals surface area (Å²) < 4.78 is 5.19. The molecule has 2 aromatic rings. The first kappa shape index (κ1) is 22.5. The fourth-order valence-corrected chi connectivity index (χ4v) is 2.57. The maximum atomic E-state index is 12.9. The normalized spacial score (nSPS) is 13.0. The van der Waals surface area contributed by atoms with E-state index in [2.05, 4.69) is 10.6 Å². The van der Waals surface area contributed by atoms with Gasteiger partial charge < -0.3 is 30.7 Å². The monoisotopic (exact) mass is 416 g/mol. The molecule has 0 saturated carbocycles. The van der Waals surface area contributed by atoms with Crippen LogP contribution in [0, 0.1) is 0 Å². The fraction of sp³-hybridized carbons (Fsp3) is 0.286. The topological polar surface area (TPSA) is 145 Å². The summed E-state index contributed by atoms with van der Waals surface area (Å²) in [5.74, 6) is -2.21. The second-order valence-electron chi connectivity index (χ2n) is 7.54. The summed E-state index contributed by atoms with van der Waals surface area (Å²) in [6, 6.07) is 8.15. The van der Waals surface area contributed by atoms with Crippen LogP contribution in [-0.4, -0.2) is 38.9 Å². The third-order valence-corrected chi connectivity index (χ3v) is 3.91. The summed E-state index contributed by atoms with van der Waals surface area (Å²) in [5.41, 5.74) is -0.267. The van der Waals surface area contributed by atoms with Gasteiger partial charge in [-0.05, 0) is 56.2 Å². The van der Waals surface area contributed by atoms with Gasteiger partial charge in [0.2, 0.25) is 5.91 Å². The Hall–Kier alpha value is -3.75. The van der Waals surface area contributed by atoms with Crippen molar-refractivity contribution in [2.45, 2.75) is 38.5 Å². The number of hydrogen-bond acceptors (Lipinski definition) is 6. The van der Waals surface area contributed by atoms with E-state index >= 15 is 0 Å². The standard InChI is InChI=1S/C21H24N2O7/c1-21(2,3)30-20(29)23-16(12-4-8-14(24)9-5-12)18(26)22-17(19(27)28)13-6-10-15(25)11-7-13/h4-11,16-17,24-25H,1-3H3,(H,22,26)(H,23,29)(H,27,28). The number of carbonyl (C=O) groups excluding carboxylic acids is 2. The summed E-state index contributed by atoms with van der Waals surface area (Å²) in [6.45, 7) is 4.98. The molecule has 2 amide bonds. The van der Waals surface area contributed by atoms with E-state index in [4.69, 9.17) is 4.74 Å². The quantitative estimate of drug-likeness (QED) is 0.487. The van der Waals surface area contributed by atoms with Gasteiger partial charge in [-0.2, -0.15) is 0 Å². The third-order valence-electron chi connectivity index (χ3n) is 3.91. The predicted octanol–water partition coefficient (Wildman–Crippen LogP) is 2.61. The van der Waals surface area contributed by atoms with Crippen molar-refractivity contribution < 1.29 is 34.4 Å². The van der Waals surface area contributed by atoms with Crippen LogP contribution < -0.4 is 10.6 Å². The molecule has 0 aliphatic heterocycles. The number of carbonyl (C=O) groups is 3. The highest BCUT2D eigenvalue weighted by atomic mass is 16.6. The molecule has 9 heteroatoms. The van der Waals surface area contributed by atoms with E-state index in [1.54, 1.807) is 20.8 Å². The number of alkyl carbamates (subject to hydrolysis) is 1. The van der Waals surface area contributed by atoms with Crippen LogP contribution in [-0.2, 0) is 14.3 Å². The minimum absolute atomic E-state index is 0.0392. The van der Waals surface area contributed by atoms with Gasteiger partial charge in [-0.25, -0.2) is 9.59 Å². The number of rotatable bonds is 6. The van der Waals surface area contributed by atoms with Gasteiger partial charge in [-0.15, -0.1) is 0 Å². The van der Waals surface area contributed by atoms with Crippen LogP contribution >= 0.6 is 0 Å². The summed E-state index contributed by atoms with van der Waals surface area (Å²) in [7, 11) is 0. The average molecular weight is 416 g/mol. The zero-order chi connectivity index (χ0) is 22.5. The van der Waals surface area contributed by atoms with Crippen molar-refractivity contribution in [1.29, 1.82) is 0 Å². The lowest BCUT2D eigenvalue weighted by atomic mass is 10.0. The number of aromatic hydroxyl groups is 2. The number of phenolic OH excluding ortho intramolecular Hbond substituents is 2. The van der Waals surface area contributed by atoms with E-state index in [1.165, 1.54) is 48.5 Å². The molecule has 0 heterocycles. The second-order valence-corrected chi connectivity index (χ2v) is 7.54. The molecule has 0 spiro atoms. The number of hydrogen-bond donors (Lipinski definition) is 5. The molecular weight excluding hydrogens is 392 g/mol. The number of carboxylic acids is 1. The van der Waals surface area contributed by atoms with E-state index in [0.717, 1.165) is 0 Å². The molecule has 2 aromatic carbocycles. The van der Waals surface area contributed by atoms with Crippen LogP contribution in [0.15, 0.2) is 48.5 Å². The Labute approximate surface area is 173 Å². The molecule has 160 valence electrons. The van der Waals surface area contributed by atoms with Crippen molar-refractivity contribution in [3.63, 3.8) is 0 Å². The van der Waals surface area contributed by atoms with Crippen LogP contribution in [0.1, 0.15) is 44.0 Å². The van der Waals surface area contributed by atoms with E-state index in [1.807, 2.05) is 0 Å². The first-order valence-corrected chi connectivity index (χ1v) is 9.07. The molecule has 5 N–H and O–H groups in total. The lowest BCUT2D eigenvalue weighted by Gasteiger charge is -2.25.